The molecular formula is C28H29F4N5O2. The summed E-state index contributed by atoms with van der Waals surface area (Å²) in [4.78, 5) is 27.2. The first-order valence-corrected chi connectivity index (χ1v) is 12.6. The van der Waals surface area contributed by atoms with E-state index in [1.54, 1.807) is 44.1 Å². The molecule has 1 aromatic heterocycles. The average molecular weight is 544 g/mol. The first kappa shape index (κ1) is 26.9. The molecule has 0 radical (unpaired) electrons. The highest BCUT2D eigenvalue weighted by atomic mass is 19.4. The zero-order valence-electron chi connectivity index (χ0n) is 22.1. The lowest BCUT2D eigenvalue weighted by Gasteiger charge is -2.41. The van der Waals surface area contributed by atoms with Gasteiger partial charge < -0.3 is 19.9 Å². The van der Waals surface area contributed by atoms with Crippen molar-refractivity contribution in [3.8, 4) is 5.75 Å². The van der Waals surface area contributed by atoms with Crippen molar-refractivity contribution in [1.29, 1.82) is 0 Å². The Morgan fingerprint density at radius 3 is 2.56 bits per heavy atom. The Balaban J connectivity index is 1.61. The second kappa shape index (κ2) is 9.78. The first-order valence-electron chi connectivity index (χ1n) is 12.6. The van der Waals surface area contributed by atoms with E-state index in [2.05, 4.69) is 15.2 Å². The maximum Gasteiger partial charge on any atom is 0.419 e. The number of likely N-dealkylation sites (N-methyl/N-ethyl adjacent to an activating group) is 1. The Bertz CT molecular complexity index is 1430. The van der Waals surface area contributed by atoms with E-state index in [4.69, 9.17) is 9.72 Å². The number of fused-ring (bicyclic) bond motifs is 2. The number of amides is 1. The van der Waals surface area contributed by atoms with E-state index in [0.717, 1.165) is 6.07 Å². The van der Waals surface area contributed by atoms with Crippen molar-refractivity contribution in [2.45, 2.75) is 44.4 Å². The number of aromatic nitrogens is 2. The standard InChI is InChI=1S/C28H29F4N5O2/c1-16(20-9-6-10-22(23(20)29)28(30,31)32)33-25-21-14-37(18-7-5-8-19(13-18)39-4)26(38)27(11-12-36(3)15-27)24(21)34-17(2)35-25/h5-10,13,16H,11-12,14-15H2,1-4H3,(H,33,34,35)/t16-,27?/m1/s1. The van der Waals surface area contributed by atoms with Crippen molar-refractivity contribution in [2.75, 3.05) is 37.5 Å². The predicted molar refractivity (Wildman–Crippen MR) is 138 cm³/mol. The summed E-state index contributed by atoms with van der Waals surface area (Å²) in [7, 11) is 3.49. The van der Waals surface area contributed by atoms with Gasteiger partial charge in [0.1, 0.15) is 28.6 Å². The zero-order valence-corrected chi connectivity index (χ0v) is 22.1. The third-order valence-corrected chi connectivity index (χ3v) is 7.52. The lowest BCUT2D eigenvalue weighted by atomic mass is 9.76. The van der Waals surface area contributed by atoms with Gasteiger partial charge >= 0.3 is 6.18 Å². The molecule has 11 heteroatoms. The number of hydrogen-bond acceptors (Lipinski definition) is 6. The number of aryl methyl sites for hydroxylation is 1. The molecule has 206 valence electrons. The van der Waals surface area contributed by atoms with E-state index in [0.29, 0.717) is 53.8 Å². The van der Waals surface area contributed by atoms with Crippen LogP contribution in [0, 0.1) is 12.7 Å². The molecule has 3 aromatic rings. The fourth-order valence-electron chi connectivity index (χ4n) is 5.59. The molecule has 1 amide bonds. The third kappa shape index (κ3) is 4.69. The molecule has 7 nitrogen and oxygen atoms in total. The molecule has 2 aliphatic heterocycles. The average Bonchev–Trinajstić information content (AvgIpc) is 3.28. The van der Waals surface area contributed by atoms with Crippen LogP contribution in [0.25, 0.3) is 0 Å². The lowest BCUT2D eigenvalue weighted by Crippen LogP contribution is -2.53. The number of carbonyl (C=O) groups is 1. The van der Waals surface area contributed by atoms with Crippen LogP contribution < -0.4 is 15.0 Å². The largest absolute Gasteiger partial charge is 0.497 e. The molecule has 0 aliphatic carbocycles. The molecule has 39 heavy (non-hydrogen) atoms. The fourth-order valence-corrected chi connectivity index (χ4v) is 5.59. The second-order valence-electron chi connectivity index (χ2n) is 10.2. The van der Waals surface area contributed by atoms with Gasteiger partial charge in [-0.2, -0.15) is 13.2 Å². The van der Waals surface area contributed by atoms with Crippen molar-refractivity contribution in [3.63, 3.8) is 0 Å². The van der Waals surface area contributed by atoms with Gasteiger partial charge in [0, 0.05) is 29.4 Å². The normalized spacial score (nSPS) is 20.3. The van der Waals surface area contributed by atoms with Crippen LogP contribution in [-0.4, -0.2) is 48.0 Å². The molecule has 3 heterocycles. The Morgan fingerprint density at radius 2 is 1.90 bits per heavy atom. The van der Waals surface area contributed by atoms with Gasteiger partial charge in [-0.15, -0.1) is 0 Å². The highest BCUT2D eigenvalue weighted by Gasteiger charge is 2.53. The Labute approximate surface area is 223 Å². The lowest BCUT2D eigenvalue weighted by molar-refractivity contribution is -0.140. The summed E-state index contributed by atoms with van der Waals surface area (Å²) in [5.41, 5.74) is -0.498. The zero-order chi connectivity index (χ0) is 28.1. The summed E-state index contributed by atoms with van der Waals surface area (Å²) in [5.74, 6) is -0.0585. The molecule has 1 unspecified atom stereocenters. The molecular weight excluding hydrogens is 514 g/mol. The van der Waals surface area contributed by atoms with E-state index in [9.17, 15) is 22.4 Å². The summed E-state index contributed by atoms with van der Waals surface area (Å²) in [6.45, 7) is 4.55. The minimum atomic E-state index is -4.82. The monoisotopic (exact) mass is 543 g/mol. The number of hydrogen-bond donors (Lipinski definition) is 1. The summed E-state index contributed by atoms with van der Waals surface area (Å²) in [6, 6.07) is 9.56. The van der Waals surface area contributed by atoms with Gasteiger partial charge in [-0.1, -0.05) is 18.2 Å². The number of nitrogens with one attached hydrogen (secondary N) is 1. The van der Waals surface area contributed by atoms with Crippen molar-refractivity contribution in [3.05, 3.63) is 76.5 Å². The van der Waals surface area contributed by atoms with Crippen LogP contribution >= 0.6 is 0 Å². The van der Waals surface area contributed by atoms with Gasteiger partial charge in [-0.3, -0.25) is 4.79 Å². The van der Waals surface area contributed by atoms with Crippen LogP contribution in [0.3, 0.4) is 0 Å². The van der Waals surface area contributed by atoms with Crippen LogP contribution in [0.5, 0.6) is 5.75 Å². The van der Waals surface area contributed by atoms with Crippen molar-refractivity contribution in [2.24, 2.45) is 0 Å². The molecule has 1 spiro atoms. The van der Waals surface area contributed by atoms with Gasteiger partial charge in [0.25, 0.3) is 0 Å². The number of benzene rings is 2. The smallest absolute Gasteiger partial charge is 0.419 e. The fraction of sp³-hybridized carbons (Fsp3) is 0.393. The SMILES string of the molecule is COc1cccc(N2Cc3c(N[C@H](C)c4cccc(C(F)(F)F)c4F)nc(C)nc3C3(CCN(C)C3)C2=O)c1. The van der Waals surface area contributed by atoms with Crippen molar-refractivity contribution < 1.29 is 27.1 Å². The second-order valence-corrected chi connectivity index (χ2v) is 10.2. The predicted octanol–water partition coefficient (Wildman–Crippen LogP) is 5.24. The molecule has 0 bridgehead atoms. The number of methoxy groups -OCH3 is 1. The van der Waals surface area contributed by atoms with Crippen LogP contribution in [0.4, 0.5) is 29.1 Å². The van der Waals surface area contributed by atoms with Crippen molar-refractivity contribution in [1.82, 2.24) is 14.9 Å². The molecule has 2 aromatic carbocycles. The molecule has 1 fully saturated rings. The summed E-state index contributed by atoms with van der Waals surface area (Å²) < 4.78 is 60.4. The molecule has 5 rings (SSSR count). The van der Waals surface area contributed by atoms with Gasteiger partial charge in [0.15, 0.2) is 0 Å². The maximum absolute atomic E-state index is 15.0. The number of ether oxygens (including phenoxy) is 1. The quantitative estimate of drug-likeness (QED) is 0.444. The summed E-state index contributed by atoms with van der Waals surface area (Å²) in [5, 5.41) is 3.14. The summed E-state index contributed by atoms with van der Waals surface area (Å²) in [6.07, 6.45) is -4.27. The van der Waals surface area contributed by atoms with E-state index in [1.165, 1.54) is 12.1 Å². The number of anilines is 2. The van der Waals surface area contributed by atoms with E-state index < -0.39 is 29.0 Å². The Hall–Kier alpha value is -3.73. The van der Waals surface area contributed by atoms with Crippen LogP contribution in [0.15, 0.2) is 42.5 Å². The minimum absolute atomic E-state index is 0.0892. The molecule has 2 aliphatic rings. The highest BCUT2D eigenvalue weighted by molar-refractivity contribution is 6.03. The molecule has 2 atom stereocenters. The number of nitrogens with zero attached hydrogens (tertiary/aromatic N) is 4. The molecule has 1 N–H and O–H groups in total. The van der Waals surface area contributed by atoms with E-state index in [-0.39, 0.29) is 18.0 Å². The Morgan fingerprint density at radius 1 is 1.15 bits per heavy atom. The summed E-state index contributed by atoms with van der Waals surface area (Å²) >= 11 is 0. The number of halogens is 4. The first-order chi connectivity index (χ1) is 18.4. The highest BCUT2D eigenvalue weighted by Crippen LogP contribution is 2.45. The van der Waals surface area contributed by atoms with Gasteiger partial charge in [-0.25, -0.2) is 14.4 Å². The van der Waals surface area contributed by atoms with Crippen LogP contribution in [0.1, 0.15) is 47.6 Å². The number of carbonyl (C=O) groups excluding carboxylic acids is 1. The van der Waals surface area contributed by atoms with Crippen LogP contribution in [-0.2, 0) is 22.9 Å². The Kier molecular flexibility index (Phi) is 6.74. The minimum Gasteiger partial charge on any atom is -0.497 e. The van der Waals surface area contributed by atoms with E-state index >= 15 is 0 Å². The van der Waals surface area contributed by atoms with E-state index in [1.807, 2.05) is 13.1 Å². The van der Waals surface area contributed by atoms with Gasteiger partial charge in [0.05, 0.1) is 31.0 Å². The van der Waals surface area contributed by atoms with Crippen molar-refractivity contribution >= 4 is 17.4 Å². The number of rotatable bonds is 5. The van der Waals surface area contributed by atoms with Gasteiger partial charge in [-0.05, 0) is 52.1 Å². The number of likely N-dealkylation sites (tertiary alicyclic amines) is 1. The van der Waals surface area contributed by atoms with Gasteiger partial charge in [0.2, 0.25) is 5.91 Å². The van der Waals surface area contributed by atoms with Crippen LogP contribution in [0.2, 0.25) is 0 Å². The number of alkyl halides is 3. The third-order valence-electron chi connectivity index (χ3n) is 7.52. The maximum atomic E-state index is 15.0. The topological polar surface area (TPSA) is 70.6 Å². The molecule has 0 saturated carbocycles. The molecule has 1 saturated heterocycles.